The Kier molecular flexibility index (Phi) is 7.66. The van der Waals surface area contributed by atoms with E-state index in [4.69, 9.17) is 0 Å². The fourth-order valence-electron chi connectivity index (χ4n) is 1.33. The average Bonchev–Trinajstić information content (AvgIpc) is 2.34. The Morgan fingerprint density at radius 1 is 1.39 bits per heavy atom. The van der Waals surface area contributed by atoms with Gasteiger partial charge < -0.3 is 10.6 Å². The quantitative estimate of drug-likeness (QED) is 0.466. The fourth-order valence-corrected chi connectivity index (χ4v) is 1.33. The van der Waals surface area contributed by atoms with Crippen molar-refractivity contribution < 1.29 is 9.72 Å². The lowest BCUT2D eigenvalue weighted by atomic mass is 10.2. The van der Waals surface area contributed by atoms with Crippen LogP contribution in [0, 0.1) is 10.1 Å². The zero-order chi connectivity index (χ0) is 12.7. The summed E-state index contributed by atoms with van der Waals surface area (Å²) in [5.41, 5.74) is 0.233. The van der Waals surface area contributed by atoms with Crippen LogP contribution in [0.5, 0.6) is 0 Å². The van der Waals surface area contributed by atoms with Gasteiger partial charge in [0.25, 0.3) is 11.6 Å². The van der Waals surface area contributed by atoms with Crippen LogP contribution in [-0.4, -0.2) is 31.0 Å². The molecule has 7 heteroatoms. The van der Waals surface area contributed by atoms with Crippen molar-refractivity contribution in [3.63, 3.8) is 0 Å². The molecule has 0 aliphatic rings. The molecule has 0 atom stereocenters. The highest BCUT2D eigenvalue weighted by atomic mass is 35.5. The van der Waals surface area contributed by atoms with Crippen LogP contribution in [0.15, 0.2) is 24.3 Å². The molecule has 0 radical (unpaired) electrons. The molecule has 0 bridgehead atoms. The van der Waals surface area contributed by atoms with Crippen molar-refractivity contribution in [1.29, 1.82) is 0 Å². The molecule has 6 nitrogen and oxygen atoms in total. The van der Waals surface area contributed by atoms with Gasteiger partial charge in [-0.1, -0.05) is 6.07 Å². The minimum absolute atomic E-state index is 0. The number of carbonyl (C=O) groups is 1. The first-order valence-corrected chi connectivity index (χ1v) is 5.32. The van der Waals surface area contributed by atoms with Gasteiger partial charge in [-0.05, 0) is 26.1 Å². The van der Waals surface area contributed by atoms with E-state index in [1.165, 1.54) is 18.2 Å². The third-order valence-electron chi connectivity index (χ3n) is 2.21. The highest BCUT2D eigenvalue weighted by Crippen LogP contribution is 2.12. The minimum atomic E-state index is -0.516. The molecule has 1 rings (SSSR count). The number of non-ortho nitro benzene ring substituents is 1. The Labute approximate surface area is 111 Å². The standard InChI is InChI=1S/C11H15N3O3.ClH/c1-12-6-3-7-13-11(15)9-4-2-5-10(8-9)14(16)17;/h2,4-5,8,12H,3,6-7H2,1H3,(H,13,15);1H. The number of halogens is 1. The summed E-state index contributed by atoms with van der Waals surface area (Å²) < 4.78 is 0. The molecule has 0 aliphatic carbocycles. The summed E-state index contributed by atoms with van der Waals surface area (Å²) in [4.78, 5) is 21.7. The molecular weight excluding hydrogens is 258 g/mol. The number of nitrogens with one attached hydrogen (secondary N) is 2. The number of hydrogen-bond donors (Lipinski definition) is 2. The van der Waals surface area contributed by atoms with Crippen LogP contribution in [0.2, 0.25) is 0 Å². The Morgan fingerprint density at radius 3 is 2.72 bits per heavy atom. The predicted molar refractivity (Wildman–Crippen MR) is 71.2 cm³/mol. The van der Waals surface area contributed by atoms with E-state index in [1.54, 1.807) is 6.07 Å². The summed E-state index contributed by atoms with van der Waals surface area (Å²) in [5, 5.41) is 16.2. The van der Waals surface area contributed by atoms with Crippen LogP contribution in [-0.2, 0) is 0 Å². The van der Waals surface area contributed by atoms with Crippen LogP contribution in [0.3, 0.4) is 0 Å². The average molecular weight is 274 g/mol. The second-order valence-corrected chi connectivity index (χ2v) is 3.52. The molecule has 2 N–H and O–H groups in total. The highest BCUT2D eigenvalue weighted by molar-refractivity contribution is 5.94. The molecule has 0 aliphatic heterocycles. The molecule has 100 valence electrons. The topological polar surface area (TPSA) is 84.3 Å². The maximum atomic E-state index is 11.6. The number of nitro groups is 1. The predicted octanol–water partition coefficient (Wildman–Crippen LogP) is 1.36. The number of carbonyl (C=O) groups excluding carboxylic acids is 1. The van der Waals surface area contributed by atoms with Gasteiger partial charge in [0.15, 0.2) is 0 Å². The summed E-state index contributed by atoms with van der Waals surface area (Å²) in [6.07, 6.45) is 0.817. The monoisotopic (exact) mass is 273 g/mol. The van der Waals surface area contributed by atoms with Crippen LogP contribution in [0.4, 0.5) is 5.69 Å². The van der Waals surface area contributed by atoms with Gasteiger partial charge >= 0.3 is 0 Å². The van der Waals surface area contributed by atoms with E-state index in [1.807, 2.05) is 7.05 Å². The van der Waals surface area contributed by atoms with E-state index in [9.17, 15) is 14.9 Å². The van der Waals surface area contributed by atoms with Gasteiger partial charge in [0, 0.05) is 24.2 Å². The smallest absolute Gasteiger partial charge is 0.270 e. The van der Waals surface area contributed by atoms with Crippen LogP contribution < -0.4 is 10.6 Å². The molecule has 0 spiro atoms. The van der Waals surface area contributed by atoms with Crippen molar-refractivity contribution in [1.82, 2.24) is 10.6 Å². The molecule has 0 saturated carbocycles. The first-order valence-electron chi connectivity index (χ1n) is 5.32. The van der Waals surface area contributed by atoms with E-state index >= 15 is 0 Å². The lowest BCUT2D eigenvalue weighted by Gasteiger charge is -2.04. The zero-order valence-electron chi connectivity index (χ0n) is 10.0. The Balaban J connectivity index is 0.00000289. The third kappa shape index (κ3) is 5.11. The normalized spacial score (nSPS) is 9.39. The Hall–Kier alpha value is -1.66. The number of amides is 1. The summed E-state index contributed by atoms with van der Waals surface area (Å²) in [6.45, 7) is 1.36. The van der Waals surface area contributed by atoms with Crippen molar-refractivity contribution in [2.24, 2.45) is 0 Å². The SMILES string of the molecule is CNCCCNC(=O)c1cccc([N+](=O)[O-])c1.Cl. The molecule has 0 fully saturated rings. The summed E-state index contributed by atoms with van der Waals surface area (Å²) >= 11 is 0. The maximum absolute atomic E-state index is 11.6. The fraction of sp³-hybridized carbons (Fsp3) is 0.364. The van der Waals surface area contributed by atoms with Crippen LogP contribution in [0.25, 0.3) is 0 Å². The Bertz CT molecular complexity index is 412. The lowest BCUT2D eigenvalue weighted by Crippen LogP contribution is -2.26. The number of nitrogens with zero attached hydrogens (tertiary/aromatic N) is 1. The molecule has 18 heavy (non-hydrogen) atoms. The van der Waals surface area contributed by atoms with Crippen molar-refractivity contribution in [3.05, 3.63) is 39.9 Å². The van der Waals surface area contributed by atoms with Gasteiger partial charge in [0.05, 0.1) is 4.92 Å². The largest absolute Gasteiger partial charge is 0.352 e. The van der Waals surface area contributed by atoms with Crippen molar-refractivity contribution in [3.8, 4) is 0 Å². The first kappa shape index (κ1) is 16.3. The van der Waals surface area contributed by atoms with E-state index in [2.05, 4.69) is 10.6 Å². The molecule has 1 aromatic rings. The maximum Gasteiger partial charge on any atom is 0.270 e. The van der Waals surface area contributed by atoms with E-state index in [-0.39, 0.29) is 24.0 Å². The summed E-state index contributed by atoms with van der Waals surface area (Å²) in [5.74, 6) is -0.287. The van der Waals surface area contributed by atoms with Gasteiger partial charge in [-0.15, -0.1) is 12.4 Å². The van der Waals surface area contributed by atoms with Gasteiger partial charge in [-0.2, -0.15) is 0 Å². The zero-order valence-corrected chi connectivity index (χ0v) is 10.8. The molecule has 0 unspecified atom stereocenters. The van der Waals surface area contributed by atoms with Crippen LogP contribution >= 0.6 is 12.4 Å². The molecule has 1 amide bonds. The van der Waals surface area contributed by atoms with E-state index < -0.39 is 4.92 Å². The molecular formula is C11H16ClN3O3. The number of hydrogen-bond acceptors (Lipinski definition) is 4. The molecule has 0 aromatic heterocycles. The highest BCUT2D eigenvalue weighted by Gasteiger charge is 2.10. The second kappa shape index (κ2) is 8.43. The molecule has 0 saturated heterocycles. The minimum Gasteiger partial charge on any atom is -0.352 e. The van der Waals surface area contributed by atoms with E-state index in [0.29, 0.717) is 12.1 Å². The van der Waals surface area contributed by atoms with Crippen molar-refractivity contribution in [2.75, 3.05) is 20.1 Å². The van der Waals surface area contributed by atoms with Gasteiger partial charge in [0.1, 0.15) is 0 Å². The number of rotatable bonds is 6. The summed E-state index contributed by atoms with van der Waals surface area (Å²) in [7, 11) is 1.84. The van der Waals surface area contributed by atoms with Gasteiger partial charge in [-0.25, -0.2) is 0 Å². The number of nitro benzene ring substituents is 1. The second-order valence-electron chi connectivity index (χ2n) is 3.52. The number of benzene rings is 1. The molecule has 0 heterocycles. The van der Waals surface area contributed by atoms with Crippen LogP contribution in [0.1, 0.15) is 16.8 Å². The first-order chi connectivity index (χ1) is 8.15. The molecule has 1 aromatic carbocycles. The van der Waals surface area contributed by atoms with Crippen molar-refractivity contribution >= 4 is 24.0 Å². The van der Waals surface area contributed by atoms with Gasteiger partial charge in [-0.3, -0.25) is 14.9 Å². The third-order valence-corrected chi connectivity index (χ3v) is 2.21. The lowest BCUT2D eigenvalue weighted by molar-refractivity contribution is -0.384. The van der Waals surface area contributed by atoms with Crippen molar-refractivity contribution in [2.45, 2.75) is 6.42 Å². The summed E-state index contributed by atoms with van der Waals surface area (Å²) in [6, 6.07) is 5.69. The Morgan fingerprint density at radius 2 is 2.11 bits per heavy atom. The van der Waals surface area contributed by atoms with E-state index in [0.717, 1.165) is 13.0 Å². The van der Waals surface area contributed by atoms with Gasteiger partial charge in [0.2, 0.25) is 0 Å².